The van der Waals surface area contributed by atoms with Gasteiger partial charge in [-0.1, -0.05) is 26.0 Å². The number of carboxylic acid groups (broad SMARTS) is 1. The van der Waals surface area contributed by atoms with Gasteiger partial charge in [-0.3, -0.25) is 0 Å². The van der Waals surface area contributed by atoms with Crippen LogP contribution in [0.1, 0.15) is 38.7 Å². The highest BCUT2D eigenvalue weighted by Crippen LogP contribution is 2.33. The number of carbonyl (C=O) groups is 1. The van der Waals surface area contributed by atoms with Crippen molar-refractivity contribution in [2.24, 2.45) is 11.8 Å². The Morgan fingerprint density at radius 1 is 1.29 bits per heavy atom. The first-order chi connectivity index (χ1) is 9.95. The Labute approximate surface area is 124 Å². The molecule has 3 nitrogen and oxygen atoms in total. The van der Waals surface area contributed by atoms with Crippen LogP contribution in [0.4, 0.5) is 4.39 Å². The van der Waals surface area contributed by atoms with Crippen LogP contribution in [0.2, 0.25) is 0 Å². The highest BCUT2D eigenvalue weighted by Gasteiger charge is 2.26. The third-order valence-electron chi connectivity index (χ3n) is 3.82. The third-order valence-corrected chi connectivity index (χ3v) is 3.82. The standard InChI is InChI=1S/C17H21FO3/c1-11-8-12(2)10-14(9-11)21-17-13(6-7-16(19)20)4-3-5-15(17)18/h3-7,11-12,14H,8-10H2,1-2H3,(H,19,20)/b7-6+. The van der Waals surface area contributed by atoms with Gasteiger partial charge in [0.1, 0.15) is 0 Å². The summed E-state index contributed by atoms with van der Waals surface area (Å²) in [6, 6.07) is 4.55. The minimum atomic E-state index is -1.06. The molecule has 1 saturated carbocycles. The fraction of sp³-hybridized carbons (Fsp3) is 0.471. The van der Waals surface area contributed by atoms with Crippen molar-refractivity contribution in [1.82, 2.24) is 0 Å². The molecule has 1 aromatic carbocycles. The molecule has 1 aliphatic carbocycles. The fourth-order valence-electron chi connectivity index (χ4n) is 3.08. The van der Waals surface area contributed by atoms with Gasteiger partial charge in [-0.25, -0.2) is 9.18 Å². The van der Waals surface area contributed by atoms with E-state index >= 15 is 0 Å². The van der Waals surface area contributed by atoms with Crippen LogP contribution in [0.3, 0.4) is 0 Å². The first-order valence-corrected chi connectivity index (χ1v) is 7.32. The topological polar surface area (TPSA) is 46.5 Å². The molecule has 0 bridgehead atoms. The van der Waals surface area contributed by atoms with E-state index in [1.807, 2.05) is 0 Å². The summed E-state index contributed by atoms with van der Waals surface area (Å²) < 4.78 is 19.9. The molecule has 1 N–H and O–H groups in total. The van der Waals surface area contributed by atoms with Crippen LogP contribution in [0.15, 0.2) is 24.3 Å². The Morgan fingerprint density at radius 3 is 2.57 bits per heavy atom. The summed E-state index contributed by atoms with van der Waals surface area (Å²) in [6.07, 6.45) is 5.33. The molecule has 0 radical (unpaired) electrons. The molecule has 0 aliphatic heterocycles. The molecule has 0 heterocycles. The van der Waals surface area contributed by atoms with Gasteiger partial charge in [0, 0.05) is 11.6 Å². The van der Waals surface area contributed by atoms with Crippen molar-refractivity contribution in [3.8, 4) is 5.75 Å². The van der Waals surface area contributed by atoms with Crippen molar-refractivity contribution in [2.75, 3.05) is 0 Å². The SMILES string of the molecule is CC1CC(C)CC(Oc2c(F)cccc2/C=C/C(=O)O)C1. The minimum Gasteiger partial charge on any atom is -0.487 e. The Balaban J connectivity index is 2.20. The molecule has 0 saturated heterocycles. The highest BCUT2D eigenvalue weighted by atomic mass is 19.1. The van der Waals surface area contributed by atoms with Gasteiger partial charge in [-0.2, -0.15) is 0 Å². The molecule has 1 fully saturated rings. The number of aliphatic carboxylic acids is 1. The average molecular weight is 292 g/mol. The van der Waals surface area contributed by atoms with Gasteiger partial charge in [-0.15, -0.1) is 0 Å². The Hall–Kier alpha value is -1.84. The van der Waals surface area contributed by atoms with E-state index in [2.05, 4.69) is 13.8 Å². The third kappa shape index (κ3) is 4.31. The zero-order valence-corrected chi connectivity index (χ0v) is 12.4. The summed E-state index contributed by atoms with van der Waals surface area (Å²) in [5, 5.41) is 8.70. The van der Waals surface area contributed by atoms with E-state index < -0.39 is 11.8 Å². The van der Waals surface area contributed by atoms with Crippen molar-refractivity contribution in [3.05, 3.63) is 35.7 Å². The van der Waals surface area contributed by atoms with E-state index in [0.717, 1.165) is 18.9 Å². The first-order valence-electron chi connectivity index (χ1n) is 7.32. The molecule has 2 rings (SSSR count). The Morgan fingerprint density at radius 2 is 1.95 bits per heavy atom. The van der Waals surface area contributed by atoms with Gasteiger partial charge < -0.3 is 9.84 Å². The van der Waals surface area contributed by atoms with E-state index in [1.165, 1.54) is 18.6 Å². The summed E-state index contributed by atoms with van der Waals surface area (Å²) in [6.45, 7) is 4.36. The lowest BCUT2D eigenvalue weighted by Gasteiger charge is -2.32. The minimum absolute atomic E-state index is 0.0161. The van der Waals surface area contributed by atoms with E-state index in [9.17, 15) is 9.18 Å². The van der Waals surface area contributed by atoms with Crippen molar-refractivity contribution < 1.29 is 19.0 Å². The predicted molar refractivity (Wildman–Crippen MR) is 79.7 cm³/mol. The lowest BCUT2D eigenvalue weighted by molar-refractivity contribution is -0.131. The molecule has 1 aliphatic rings. The molecule has 0 amide bonds. The summed E-state index contributed by atoms with van der Waals surface area (Å²) in [5.74, 6) is -0.244. The van der Waals surface area contributed by atoms with Crippen molar-refractivity contribution in [2.45, 2.75) is 39.2 Å². The van der Waals surface area contributed by atoms with Crippen LogP contribution < -0.4 is 4.74 Å². The van der Waals surface area contributed by atoms with E-state index in [-0.39, 0.29) is 11.9 Å². The number of carboxylic acids is 1. The number of hydrogen-bond donors (Lipinski definition) is 1. The van der Waals surface area contributed by atoms with Crippen LogP contribution in [0, 0.1) is 17.7 Å². The zero-order chi connectivity index (χ0) is 15.4. The second kappa shape index (κ2) is 6.74. The van der Waals surface area contributed by atoms with Crippen LogP contribution in [-0.4, -0.2) is 17.2 Å². The molecular weight excluding hydrogens is 271 g/mol. The number of para-hydroxylation sites is 1. The summed E-state index contributed by atoms with van der Waals surface area (Å²) >= 11 is 0. The maximum Gasteiger partial charge on any atom is 0.328 e. The van der Waals surface area contributed by atoms with Crippen molar-refractivity contribution in [3.63, 3.8) is 0 Å². The molecule has 0 spiro atoms. The van der Waals surface area contributed by atoms with Gasteiger partial charge in [0.2, 0.25) is 0 Å². The van der Waals surface area contributed by atoms with Gasteiger partial charge in [-0.05, 0) is 43.2 Å². The highest BCUT2D eigenvalue weighted by molar-refractivity contribution is 5.85. The van der Waals surface area contributed by atoms with Gasteiger partial charge in [0.05, 0.1) is 6.10 Å². The summed E-state index contributed by atoms with van der Waals surface area (Å²) in [4.78, 5) is 10.6. The molecule has 2 unspecified atom stereocenters. The Bertz CT molecular complexity index is 529. The second-order valence-electron chi connectivity index (χ2n) is 5.99. The predicted octanol–water partition coefficient (Wildman–Crippen LogP) is 4.13. The van der Waals surface area contributed by atoms with E-state index in [1.54, 1.807) is 12.1 Å². The molecular formula is C17H21FO3. The number of hydrogen-bond acceptors (Lipinski definition) is 2. The smallest absolute Gasteiger partial charge is 0.328 e. The maximum atomic E-state index is 14.0. The number of benzene rings is 1. The van der Waals surface area contributed by atoms with Gasteiger partial charge >= 0.3 is 5.97 Å². The molecule has 114 valence electrons. The first kappa shape index (κ1) is 15.5. The van der Waals surface area contributed by atoms with Crippen LogP contribution >= 0.6 is 0 Å². The summed E-state index contributed by atoms with van der Waals surface area (Å²) in [5.41, 5.74) is 0.461. The zero-order valence-electron chi connectivity index (χ0n) is 12.4. The van der Waals surface area contributed by atoms with Gasteiger partial charge in [0.25, 0.3) is 0 Å². The second-order valence-corrected chi connectivity index (χ2v) is 5.99. The lowest BCUT2D eigenvalue weighted by atomic mass is 9.82. The number of rotatable bonds is 4. The van der Waals surface area contributed by atoms with E-state index in [0.29, 0.717) is 17.4 Å². The van der Waals surface area contributed by atoms with Crippen LogP contribution in [0.5, 0.6) is 5.75 Å². The van der Waals surface area contributed by atoms with Crippen LogP contribution in [0.25, 0.3) is 6.08 Å². The maximum absolute atomic E-state index is 14.0. The molecule has 4 heteroatoms. The monoisotopic (exact) mass is 292 g/mol. The quantitative estimate of drug-likeness (QED) is 0.849. The van der Waals surface area contributed by atoms with Crippen LogP contribution in [-0.2, 0) is 4.79 Å². The number of halogens is 1. The number of ether oxygens (including phenoxy) is 1. The normalized spacial score (nSPS) is 26.0. The Kier molecular flexibility index (Phi) is 4.99. The average Bonchev–Trinajstić information content (AvgIpc) is 2.38. The summed E-state index contributed by atoms with van der Waals surface area (Å²) in [7, 11) is 0. The molecule has 2 atom stereocenters. The van der Waals surface area contributed by atoms with Crippen molar-refractivity contribution in [1.29, 1.82) is 0 Å². The van der Waals surface area contributed by atoms with Crippen molar-refractivity contribution >= 4 is 12.0 Å². The molecule has 21 heavy (non-hydrogen) atoms. The lowest BCUT2D eigenvalue weighted by Crippen LogP contribution is -2.29. The fourth-order valence-corrected chi connectivity index (χ4v) is 3.08. The van der Waals surface area contributed by atoms with E-state index in [4.69, 9.17) is 9.84 Å². The molecule has 0 aromatic heterocycles. The molecule has 1 aromatic rings. The van der Waals surface area contributed by atoms with Gasteiger partial charge in [0.15, 0.2) is 11.6 Å². The largest absolute Gasteiger partial charge is 0.487 e.